The molecule has 0 radical (unpaired) electrons. The largest absolute Gasteiger partial charge is 0.465 e. The first kappa shape index (κ1) is 29.5. The number of carbonyl (C=O) groups excluding carboxylic acids is 2. The predicted molar refractivity (Wildman–Crippen MR) is 98.9 cm³/mol. The van der Waals surface area contributed by atoms with E-state index in [2.05, 4.69) is 11.7 Å². The third-order valence-corrected chi connectivity index (χ3v) is 5.17. The van der Waals surface area contributed by atoms with Crippen molar-refractivity contribution in [3.63, 3.8) is 0 Å². The van der Waals surface area contributed by atoms with Gasteiger partial charge in [-0.25, -0.2) is 0 Å². The molecule has 0 heterocycles. The molecule has 0 saturated heterocycles. The molecular weight excluding hydrogens is 437 g/mol. The summed E-state index contributed by atoms with van der Waals surface area (Å²) in [5.41, 5.74) is -2.06. The Hall–Kier alpha value is -1.55. The molecule has 0 aliphatic rings. The average Bonchev–Trinajstić information content (AvgIpc) is 2.68. The summed E-state index contributed by atoms with van der Waals surface area (Å²) in [7, 11) is 0. The van der Waals surface area contributed by atoms with Gasteiger partial charge in [-0.3, -0.25) is 9.59 Å². The van der Waals surface area contributed by atoms with Crippen LogP contribution in [-0.4, -0.2) is 43.2 Å². The molecule has 0 aliphatic carbocycles. The number of halogens is 7. The zero-order chi connectivity index (χ0) is 24.3. The lowest BCUT2D eigenvalue weighted by atomic mass is 9.82. The number of carbonyl (C=O) groups is 2. The van der Waals surface area contributed by atoms with Gasteiger partial charge in [0.05, 0.1) is 6.61 Å². The van der Waals surface area contributed by atoms with E-state index >= 15 is 0 Å². The van der Waals surface area contributed by atoms with E-state index < -0.39 is 42.0 Å². The summed E-state index contributed by atoms with van der Waals surface area (Å²) < 4.78 is 98.4. The van der Waals surface area contributed by atoms with Crippen molar-refractivity contribution in [2.45, 2.75) is 96.6 Å². The minimum atomic E-state index is -6.54. The molecule has 184 valence electrons. The summed E-state index contributed by atoms with van der Waals surface area (Å²) >= 11 is 0. The van der Waals surface area contributed by atoms with Crippen LogP contribution in [0.25, 0.3) is 0 Å². The Morgan fingerprint density at radius 3 is 1.58 bits per heavy atom. The van der Waals surface area contributed by atoms with Crippen molar-refractivity contribution in [3.8, 4) is 0 Å². The molecule has 0 aromatic rings. The molecule has 0 fully saturated rings. The minimum Gasteiger partial charge on any atom is -0.465 e. The lowest BCUT2D eigenvalue weighted by molar-refractivity contribution is -0.360. The molecule has 0 saturated carbocycles. The number of hydrogen-bond acceptors (Lipinski definition) is 4. The van der Waals surface area contributed by atoms with Gasteiger partial charge >= 0.3 is 30.0 Å². The van der Waals surface area contributed by atoms with E-state index in [-0.39, 0.29) is 19.4 Å². The highest BCUT2D eigenvalue weighted by Crippen LogP contribution is 2.46. The predicted octanol–water partition coefficient (Wildman–Crippen LogP) is 6.46. The molecule has 0 aliphatic heterocycles. The van der Waals surface area contributed by atoms with Crippen LogP contribution in [0.2, 0.25) is 0 Å². The second-order valence-corrected chi connectivity index (χ2v) is 7.40. The molecule has 31 heavy (non-hydrogen) atoms. The van der Waals surface area contributed by atoms with E-state index in [0.29, 0.717) is 6.42 Å². The van der Waals surface area contributed by atoms with Gasteiger partial charge in [0.2, 0.25) is 0 Å². The van der Waals surface area contributed by atoms with Crippen molar-refractivity contribution in [1.82, 2.24) is 0 Å². The zero-order valence-electron chi connectivity index (χ0n) is 18.1. The number of alkyl halides is 7. The molecule has 0 bridgehead atoms. The van der Waals surface area contributed by atoms with Gasteiger partial charge in [-0.2, -0.15) is 30.7 Å². The van der Waals surface area contributed by atoms with Crippen molar-refractivity contribution in [2.24, 2.45) is 5.41 Å². The number of esters is 2. The van der Waals surface area contributed by atoms with Gasteiger partial charge in [0.1, 0.15) is 0 Å². The Bertz CT molecular complexity index is 558. The topological polar surface area (TPSA) is 52.6 Å². The van der Waals surface area contributed by atoms with E-state index in [1.165, 1.54) is 13.8 Å². The third-order valence-electron chi connectivity index (χ3n) is 5.17. The van der Waals surface area contributed by atoms with Gasteiger partial charge < -0.3 is 9.47 Å². The molecule has 0 rings (SSSR count). The Kier molecular flexibility index (Phi) is 11.9. The number of ether oxygens (including phenoxy) is 2. The monoisotopic (exact) mass is 468 g/mol. The minimum absolute atomic E-state index is 0.0378. The first-order chi connectivity index (χ1) is 14.2. The van der Waals surface area contributed by atoms with Crippen LogP contribution in [-0.2, 0) is 19.1 Å². The molecule has 0 amide bonds. The van der Waals surface area contributed by atoms with Crippen molar-refractivity contribution < 1.29 is 49.8 Å². The van der Waals surface area contributed by atoms with Gasteiger partial charge in [-0.05, 0) is 19.3 Å². The quantitative estimate of drug-likeness (QED) is 0.120. The van der Waals surface area contributed by atoms with E-state index in [1.807, 2.05) is 0 Å². The molecule has 0 aromatic heterocycles. The maximum Gasteiger partial charge on any atom is 0.460 e. The third kappa shape index (κ3) is 7.82. The Morgan fingerprint density at radius 1 is 0.677 bits per heavy atom. The highest BCUT2D eigenvalue weighted by Gasteiger charge is 2.73. The van der Waals surface area contributed by atoms with Crippen molar-refractivity contribution in [2.75, 3.05) is 13.2 Å². The van der Waals surface area contributed by atoms with Crippen LogP contribution in [0.5, 0.6) is 0 Å². The Labute approximate surface area is 177 Å². The molecule has 0 unspecified atom stereocenters. The van der Waals surface area contributed by atoms with Gasteiger partial charge in [-0.1, -0.05) is 59.3 Å². The molecule has 0 atom stereocenters. The highest BCUT2D eigenvalue weighted by molar-refractivity contribution is 6.00. The van der Waals surface area contributed by atoms with Crippen LogP contribution in [0.15, 0.2) is 0 Å². The maximum atomic E-state index is 13.4. The smallest absolute Gasteiger partial charge is 0.460 e. The molecule has 4 nitrogen and oxygen atoms in total. The summed E-state index contributed by atoms with van der Waals surface area (Å²) in [5.74, 6) is -14.8. The van der Waals surface area contributed by atoms with Crippen molar-refractivity contribution in [1.29, 1.82) is 0 Å². The fourth-order valence-electron chi connectivity index (χ4n) is 2.87. The van der Waals surface area contributed by atoms with Crippen LogP contribution in [0, 0.1) is 5.41 Å². The normalized spacial score (nSPS) is 13.2. The number of hydrogen-bond donors (Lipinski definition) is 0. The van der Waals surface area contributed by atoms with Gasteiger partial charge in [0.15, 0.2) is 12.0 Å². The fraction of sp³-hybridized carbons (Fsp3) is 0.900. The van der Waals surface area contributed by atoms with Crippen molar-refractivity contribution in [3.05, 3.63) is 0 Å². The van der Waals surface area contributed by atoms with Crippen LogP contribution in [0.4, 0.5) is 30.7 Å². The van der Waals surface area contributed by atoms with E-state index in [4.69, 9.17) is 4.74 Å². The molecular formula is C20H31F7O4. The summed E-state index contributed by atoms with van der Waals surface area (Å²) in [6.07, 6.45) is -0.520. The molecule has 11 heteroatoms. The lowest BCUT2D eigenvalue weighted by Crippen LogP contribution is -2.55. The van der Waals surface area contributed by atoms with Crippen LogP contribution < -0.4 is 0 Å². The van der Waals surface area contributed by atoms with Gasteiger partial charge in [0.25, 0.3) is 0 Å². The van der Waals surface area contributed by atoms with Crippen LogP contribution in [0.1, 0.15) is 78.6 Å². The standard InChI is InChI=1S/C20H31F7O4/c1-4-7-8-9-10-11-12-13-30-15(28)17(5-2,6-3)16(29)31-14-18(21,22)19(23,24)20(25,26)27/h4-14H2,1-3H3. The number of unbranched alkanes of at least 4 members (excludes halogenated alkanes) is 6. The fourth-order valence-corrected chi connectivity index (χ4v) is 2.87. The Morgan fingerprint density at radius 2 is 1.13 bits per heavy atom. The van der Waals surface area contributed by atoms with E-state index in [0.717, 1.165) is 38.5 Å². The van der Waals surface area contributed by atoms with Crippen LogP contribution >= 0.6 is 0 Å². The molecule has 0 spiro atoms. The first-order valence-corrected chi connectivity index (χ1v) is 10.4. The van der Waals surface area contributed by atoms with Crippen molar-refractivity contribution >= 4 is 11.9 Å². The van der Waals surface area contributed by atoms with E-state index in [1.54, 1.807) is 0 Å². The molecule has 0 N–H and O–H groups in total. The summed E-state index contributed by atoms with van der Waals surface area (Å²) in [5, 5.41) is 0. The first-order valence-electron chi connectivity index (χ1n) is 10.4. The van der Waals surface area contributed by atoms with Gasteiger partial charge in [0, 0.05) is 0 Å². The average molecular weight is 468 g/mol. The Balaban J connectivity index is 4.88. The summed E-state index contributed by atoms with van der Waals surface area (Å²) in [6, 6.07) is 0. The lowest BCUT2D eigenvalue weighted by Gasteiger charge is -2.30. The summed E-state index contributed by atoms with van der Waals surface area (Å²) in [4.78, 5) is 24.6. The maximum absolute atomic E-state index is 13.4. The molecule has 0 aromatic carbocycles. The second kappa shape index (κ2) is 12.5. The van der Waals surface area contributed by atoms with Gasteiger partial charge in [-0.15, -0.1) is 0 Å². The van der Waals surface area contributed by atoms with E-state index in [9.17, 15) is 40.3 Å². The number of rotatable bonds is 15. The second-order valence-electron chi connectivity index (χ2n) is 7.40. The summed E-state index contributed by atoms with van der Waals surface area (Å²) in [6.45, 7) is 2.22. The highest BCUT2D eigenvalue weighted by atomic mass is 19.4. The SMILES string of the molecule is CCCCCCCCCOC(=O)C(CC)(CC)C(=O)OCC(F)(F)C(F)(F)C(F)(F)F. The zero-order valence-corrected chi connectivity index (χ0v) is 18.1. The van der Waals surface area contributed by atoms with Crippen LogP contribution in [0.3, 0.4) is 0 Å².